The van der Waals surface area contributed by atoms with Gasteiger partial charge in [0.2, 0.25) is 0 Å². The Kier molecular flexibility index (Phi) is 6.29. The molecule has 0 fully saturated rings. The van der Waals surface area contributed by atoms with Gasteiger partial charge in [0.25, 0.3) is 0 Å². The average molecular weight is 449 g/mol. The Balaban J connectivity index is 1.81. The first kappa shape index (κ1) is 23.3. The molecule has 0 saturated heterocycles. The third-order valence-corrected chi connectivity index (χ3v) is 4.62. The molecule has 172 valence electrons. The van der Waals surface area contributed by atoms with E-state index in [0.29, 0.717) is 13.0 Å². The van der Waals surface area contributed by atoms with Gasteiger partial charge in [0.15, 0.2) is 0 Å². The molecule has 4 N–H and O–H groups in total. The number of alkyl halides is 3. The number of fused-ring (bicyclic) bond motifs is 1. The van der Waals surface area contributed by atoms with E-state index in [9.17, 15) is 18.0 Å². The molecule has 0 aliphatic rings. The minimum absolute atomic E-state index is 0.0167. The van der Waals surface area contributed by atoms with Gasteiger partial charge in [0.1, 0.15) is 22.7 Å². The number of rotatable bonds is 5. The minimum Gasteiger partial charge on any atom is -0.456 e. The number of aromatic amines is 1. The normalized spacial score (nSPS) is 12.1. The molecule has 0 aliphatic heterocycles. The Labute approximate surface area is 183 Å². The Bertz CT molecular complexity index is 1130. The summed E-state index contributed by atoms with van der Waals surface area (Å²) in [5, 5.41) is 3.48. The molecule has 9 heteroatoms. The fraction of sp³-hybridized carbons (Fsp3) is 0.348. The maximum atomic E-state index is 13.5. The molecular formula is C23H26F3N3O3. The number of carbonyl (C=O) groups is 1. The van der Waals surface area contributed by atoms with Crippen LogP contribution in [0.1, 0.15) is 37.5 Å². The summed E-state index contributed by atoms with van der Waals surface area (Å²) in [4.78, 5) is 14.9. The summed E-state index contributed by atoms with van der Waals surface area (Å²) in [5.74, 6) is -0.0217. The predicted octanol–water partition coefficient (Wildman–Crippen LogP) is 5.94. The molecule has 1 amide bonds. The molecule has 0 radical (unpaired) electrons. The first-order valence-corrected chi connectivity index (χ1v) is 10.1. The molecule has 0 saturated carbocycles. The number of hydrogen-bond acceptors (Lipinski definition) is 4. The summed E-state index contributed by atoms with van der Waals surface area (Å²) in [6.07, 6.45) is -2.83. The number of nitrogens with two attached hydrogens (primary N) is 1. The van der Waals surface area contributed by atoms with Crippen molar-refractivity contribution < 1.29 is 27.4 Å². The third kappa shape index (κ3) is 5.66. The van der Waals surface area contributed by atoms with E-state index in [2.05, 4.69) is 10.3 Å². The number of amides is 1. The highest BCUT2D eigenvalue weighted by atomic mass is 19.4. The lowest BCUT2D eigenvalue weighted by Gasteiger charge is -2.19. The number of carbonyl (C=O) groups excluding carboxylic acids is 1. The molecule has 1 heterocycles. The van der Waals surface area contributed by atoms with Crippen LogP contribution in [-0.2, 0) is 17.3 Å². The van der Waals surface area contributed by atoms with Gasteiger partial charge >= 0.3 is 12.3 Å². The first-order chi connectivity index (χ1) is 14.8. The van der Waals surface area contributed by atoms with Crippen LogP contribution in [0.25, 0.3) is 10.9 Å². The topological polar surface area (TPSA) is 89.4 Å². The molecule has 2 aromatic carbocycles. The Morgan fingerprint density at radius 3 is 2.53 bits per heavy atom. The zero-order valence-electron chi connectivity index (χ0n) is 18.3. The van der Waals surface area contributed by atoms with Crippen LogP contribution in [0, 0.1) is 6.92 Å². The lowest BCUT2D eigenvalue weighted by atomic mass is 10.1. The van der Waals surface area contributed by atoms with Crippen molar-refractivity contribution in [1.29, 1.82) is 0 Å². The van der Waals surface area contributed by atoms with Crippen molar-refractivity contribution in [3.05, 3.63) is 53.2 Å². The predicted molar refractivity (Wildman–Crippen MR) is 117 cm³/mol. The number of anilines is 1. The van der Waals surface area contributed by atoms with E-state index in [-0.39, 0.29) is 22.7 Å². The zero-order valence-corrected chi connectivity index (χ0v) is 18.3. The molecule has 3 aromatic rings. The quantitative estimate of drug-likeness (QED) is 0.421. The summed E-state index contributed by atoms with van der Waals surface area (Å²) in [6.45, 7) is 7.19. The van der Waals surface area contributed by atoms with Crippen molar-refractivity contribution >= 4 is 22.7 Å². The lowest BCUT2D eigenvalue weighted by Crippen LogP contribution is -2.33. The molecule has 0 atom stereocenters. The largest absolute Gasteiger partial charge is 0.456 e. The molecule has 1 aromatic heterocycles. The summed E-state index contributed by atoms with van der Waals surface area (Å²) in [6, 6.07) is 7.30. The summed E-state index contributed by atoms with van der Waals surface area (Å²) < 4.78 is 51.4. The number of benzene rings is 2. The molecule has 0 bridgehead atoms. The Morgan fingerprint density at radius 2 is 1.88 bits per heavy atom. The van der Waals surface area contributed by atoms with E-state index in [1.165, 1.54) is 13.0 Å². The van der Waals surface area contributed by atoms with Crippen LogP contribution in [0.15, 0.2) is 36.5 Å². The second-order valence-electron chi connectivity index (χ2n) is 8.51. The van der Waals surface area contributed by atoms with Crippen molar-refractivity contribution in [1.82, 2.24) is 10.3 Å². The van der Waals surface area contributed by atoms with Gasteiger partial charge in [-0.05, 0) is 75.6 Å². The number of hydrogen-bond donors (Lipinski definition) is 3. The second-order valence-corrected chi connectivity index (χ2v) is 8.51. The number of H-pyrrole nitrogens is 1. The second kappa shape index (κ2) is 8.64. The number of nitrogens with one attached hydrogen (secondary N) is 2. The summed E-state index contributed by atoms with van der Waals surface area (Å²) in [5.41, 5.74) is 6.07. The molecule has 0 spiro atoms. The Hall–Kier alpha value is -3.36. The fourth-order valence-electron chi connectivity index (χ4n) is 3.31. The van der Waals surface area contributed by atoms with Gasteiger partial charge in [0.05, 0.1) is 0 Å². The van der Waals surface area contributed by atoms with Crippen molar-refractivity contribution in [2.75, 3.05) is 12.3 Å². The van der Waals surface area contributed by atoms with Gasteiger partial charge in [-0.3, -0.25) is 0 Å². The maximum absolute atomic E-state index is 13.5. The number of nitrogen functional groups attached to an aromatic ring is 1. The van der Waals surface area contributed by atoms with E-state index in [4.69, 9.17) is 15.2 Å². The van der Waals surface area contributed by atoms with E-state index in [1.54, 1.807) is 45.2 Å². The SMILES string of the molecule is Cc1cc(N)cc(C(F)(F)F)c1Oc1ccc2[nH]cc(CCNC(=O)OC(C)(C)C)c2c1. The standard InChI is InChI=1S/C23H26F3N3O3/c1-13-9-15(27)10-18(23(24,25)26)20(13)31-16-5-6-19-17(11-16)14(12-29-19)7-8-28-21(30)32-22(2,3)4/h5-6,9-12,29H,7-8,27H2,1-4H3,(H,28,30). The van der Waals surface area contributed by atoms with Crippen molar-refractivity contribution in [3.63, 3.8) is 0 Å². The van der Waals surface area contributed by atoms with Gasteiger partial charge < -0.3 is 25.5 Å². The fourth-order valence-corrected chi connectivity index (χ4v) is 3.31. The van der Waals surface area contributed by atoms with Crippen LogP contribution < -0.4 is 15.8 Å². The maximum Gasteiger partial charge on any atom is 0.420 e. The average Bonchev–Trinajstić information content (AvgIpc) is 3.04. The van der Waals surface area contributed by atoms with E-state index >= 15 is 0 Å². The Morgan fingerprint density at radius 1 is 1.16 bits per heavy atom. The van der Waals surface area contributed by atoms with E-state index in [0.717, 1.165) is 22.5 Å². The summed E-state index contributed by atoms with van der Waals surface area (Å²) >= 11 is 0. The van der Waals surface area contributed by atoms with Gasteiger partial charge in [-0.25, -0.2) is 4.79 Å². The highest BCUT2D eigenvalue weighted by molar-refractivity contribution is 5.84. The van der Waals surface area contributed by atoms with Gasteiger partial charge in [0, 0.05) is 29.3 Å². The number of ether oxygens (including phenoxy) is 2. The van der Waals surface area contributed by atoms with E-state index < -0.39 is 23.4 Å². The number of aromatic nitrogens is 1. The zero-order chi connectivity index (χ0) is 23.7. The van der Waals surface area contributed by atoms with Crippen molar-refractivity contribution in [2.45, 2.75) is 45.9 Å². The number of alkyl carbamates (subject to hydrolysis) is 1. The lowest BCUT2D eigenvalue weighted by molar-refractivity contribution is -0.138. The van der Waals surface area contributed by atoms with Crippen LogP contribution in [0.3, 0.4) is 0 Å². The smallest absolute Gasteiger partial charge is 0.420 e. The van der Waals surface area contributed by atoms with Gasteiger partial charge in [-0.1, -0.05) is 0 Å². The van der Waals surface area contributed by atoms with Crippen molar-refractivity contribution in [3.8, 4) is 11.5 Å². The number of halogens is 3. The van der Waals surface area contributed by atoms with Crippen LogP contribution in [0.4, 0.5) is 23.7 Å². The molecule has 0 unspecified atom stereocenters. The van der Waals surface area contributed by atoms with Gasteiger partial charge in [-0.15, -0.1) is 0 Å². The van der Waals surface area contributed by atoms with E-state index in [1.807, 2.05) is 0 Å². The molecule has 6 nitrogen and oxygen atoms in total. The van der Waals surface area contributed by atoms with Crippen molar-refractivity contribution in [2.24, 2.45) is 0 Å². The molecular weight excluding hydrogens is 423 g/mol. The third-order valence-electron chi connectivity index (χ3n) is 4.62. The van der Waals surface area contributed by atoms with Crippen LogP contribution in [0.2, 0.25) is 0 Å². The molecule has 32 heavy (non-hydrogen) atoms. The van der Waals surface area contributed by atoms with Crippen LogP contribution >= 0.6 is 0 Å². The molecule has 0 aliphatic carbocycles. The van der Waals surface area contributed by atoms with Crippen LogP contribution in [-0.4, -0.2) is 23.2 Å². The van der Waals surface area contributed by atoms with Crippen LogP contribution in [0.5, 0.6) is 11.5 Å². The highest BCUT2D eigenvalue weighted by Crippen LogP contribution is 2.41. The summed E-state index contributed by atoms with van der Waals surface area (Å²) in [7, 11) is 0. The highest BCUT2D eigenvalue weighted by Gasteiger charge is 2.35. The number of aryl methyl sites for hydroxylation is 1. The van der Waals surface area contributed by atoms with Gasteiger partial charge in [-0.2, -0.15) is 13.2 Å². The minimum atomic E-state index is -4.61. The molecule has 3 rings (SSSR count). The monoisotopic (exact) mass is 449 g/mol. The first-order valence-electron chi connectivity index (χ1n) is 10.1.